The highest BCUT2D eigenvalue weighted by Crippen LogP contribution is 2.24. The van der Waals surface area contributed by atoms with Gasteiger partial charge in [0, 0.05) is 17.2 Å². The van der Waals surface area contributed by atoms with Crippen molar-refractivity contribution in [1.29, 1.82) is 0 Å². The van der Waals surface area contributed by atoms with Crippen LogP contribution in [0.4, 0.5) is 4.39 Å². The van der Waals surface area contributed by atoms with Gasteiger partial charge in [-0.3, -0.25) is 4.79 Å². The maximum absolute atomic E-state index is 13.2. The minimum atomic E-state index is -0.348. The molecule has 0 atom stereocenters. The first-order chi connectivity index (χ1) is 9.63. The fraction of sp³-hybridized carbons (Fsp3) is 0.188. The van der Waals surface area contributed by atoms with Gasteiger partial charge in [0.2, 0.25) is 0 Å². The Morgan fingerprint density at radius 3 is 2.65 bits per heavy atom. The lowest BCUT2D eigenvalue weighted by Gasteiger charge is -2.12. The van der Waals surface area contributed by atoms with Crippen LogP contribution in [0.3, 0.4) is 0 Å². The van der Waals surface area contributed by atoms with Crippen LogP contribution < -0.4 is 9.47 Å². The van der Waals surface area contributed by atoms with Gasteiger partial charge in [0.1, 0.15) is 30.2 Å². The number of rotatable bonds is 5. The molecule has 0 N–H and O–H groups in total. The summed E-state index contributed by atoms with van der Waals surface area (Å²) in [6.07, 6.45) is 0.760. The molecule has 2 aromatic carbocycles. The van der Waals surface area contributed by atoms with Gasteiger partial charge in [-0.05, 0) is 36.8 Å². The van der Waals surface area contributed by atoms with E-state index in [4.69, 9.17) is 9.47 Å². The lowest BCUT2D eigenvalue weighted by molar-refractivity contribution is 0.112. The first-order valence-corrected chi connectivity index (χ1v) is 6.15. The van der Waals surface area contributed by atoms with Crippen LogP contribution in [-0.2, 0) is 6.61 Å². The Bertz CT molecular complexity index is 623. The van der Waals surface area contributed by atoms with Crippen molar-refractivity contribution in [1.82, 2.24) is 0 Å². The zero-order valence-electron chi connectivity index (χ0n) is 11.4. The highest BCUT2D eigenvalue weighted by atomic mass is 19.1. The van der Waals surface area contributed by atoms with Crippen LogP contribution in [-0.4, -0.2) is 13.4 Å². The molecule has 4 heteroatoms. The second kappa shape index (κ2) is 6.19. The first kappa shape index (κ1) is 14.1. The number of ether oxygens (including phenoxy) is 2. The van der Waals surface area contributed by atoms with Crippen molar-refractivity contribution in [3.63, 3.8) is 0 Å². The Balaban J connectivity index is 2.21. The molecule has 0 unspecified atom stereocenters. The summed E-state index contributed by atoms with van der Waals surface area (Å²) in [6, 6.07) is 9.45. The number of aryl methyl sites for hydroxylation is 1. The molecule has 2 rings (SSSR count). The van der Waals surface area contributed by atoms with Gasteiger partial charge < -0.3 is 9.47 Å². The molecule has 2 aromatic rings. The van der Waals surface area contributed by atoms with Gasteiger partial charge in [-0.2, -0.15) is 0 Å². The summed E-state index contributed by atoms with van der Waals surface area (Å²) in [5, 5.41) is 0. The number of methoxy groups -OCH3 is 1. The number of benzene rings is 2. The largest absolute Gasteiger partial charge is 0.496 e. The Morgan fingerprint density at radius 1 is 1.15 bits per heavy atom. The zero-order valence-corrected chi connectivity index (χ0v) is 11.4. The topological polar surface area (TPSA) is 35.5 Å². The summed E-state index contributed by atoms with van der Waals surface area (Å²) in [5.74, 6) is 0.757. The van der Waals surface area contributed by atoms with Gasteiger partial charge in [0.15, 0.2) is 0 Å². The molecule has 0 aliphatic carbocycles. The standard InChI is InChI=1S/C16H15FO3/c1-11-3-5-14(17)8-16(11)20-10-13-7-12(9-18)4-6-15(13)19-2/h3-9H,10H2,1-2H3. The third-order valence-corrected chi connectivity index (χ3v) is 2.97. The number of carbonyl (C=O) groups is 1. The number of carbonyl (C=O) groups excluding carboxylic acids is 1. The SMILES string of the molecule is COc1ccc(C=O)cc1COc1cc(F)ccc1C. The van der Waals surface area contributed by atoms with Crippen molar-refractivity contribution < 1.29 is 18.7 Å². The van der Waals surface area contributed by atoms with E-state index in [1.807, 2.05) is 6.92 Å². The number of hydrogen-bond donors (Lipinski definition) is 0. The number of hydrogen-bond acceptors (Lipinski definition) is 3. The van der Waals surface area contributed by atoms with Gasteiger partial charge in [0.05, 0.1) is 7.11 Å². The molecule has 104 valence electrons. The van der Waals surface area contributed by atoms with Crippen molar-refractivity contribution in [3.05, 3.63) is 58.9 Å². The molecular formula is C16H15FO3. The van der Waals surface area contributed by atoms with Crippen LogP contribution in [0.5, 0.6) is 11.5 Å². The smallest absolute Gasteiger partial charge is 0.150 e. The highest BCUT2D eigenvalue weighted by molar-refractivity contribution is 5.75. The van der Waals surface area contributed by atoms with Gasteiger partial charge >= 0.3 is 0 Å². The normalized spacial score (nSPS) is 10.2. The van der Waals surface area contributed by atoms with E-state index < -0.39 is 0 Å². The molecule has 0 heterocycles. The summed E-state index contributed by atoms with van der Waals surface area (Å²) >= 11 is 0. The van der Waals surface area contributed by atoms with E-state index in [1.165, 1.54) is 12.1 Å². The van der Waals surface area contributed by atoms with E-state index in [-0.39, 0.29) is 12.4 Å². The molecule has 3 nitrogen and oxygen atoms in total. The molecule has 0 radical (unpaired) electrons. The Morgan fingerprint density at radius 2 is 1.95 bits per heavy atom. The molecule has 0 fully saturated rings. The van der Waals surface area contributed by atoms with E-state index in [0.29, 0.717) is 17.1 Å². The molecule has 0 aromatic heterocycles. The third kappa shape index (κ3) is 3.15. The fourth-order valence-corrected chi connectivity index (χ4v) is 1.87. The van der Waals surface area contributed by atoms with E-state index >= 15 is 0 Å². The molecule has 0 amide bonds. The van der Waals surface area contributed by atoms with Crippen LogP contribution in [0, 0.1) is 12.7 Å². The summed E-state index contributed by atoms with van der Waals surface area (Å²) in [6.45, 7) is 2.04. The van der Waals surface area contributed by atoms with Crippen LogP contribution >= 0.6 is 0 Å². The van der Waals surface area contributed by atoms with Gasteiger partial charge in [-0.25, -0.2) is 4.39 Å². The predicted molar refractivity (Wildman–Crippen MR) is 73.9 cm³/mol. The monoisotopic (exact) mass is 274 g/mol. The Kier molecular flexibility index (Phi) is 4.35. The van der Waals surface area contributed by atoms with Crippen LogP contribution in [0.15, 0.2) is 36.4 Å². The van der Waals surface area contributed by atoms with E-state index in [9.17, 15) is 9.18 Å². The van der Waals surface area contributed by atoms with E-state index in [2.05, 4.69) is 0 Å². The van der Waals surface area contributed by atoms with Crippen LogP contribution in [0.25, 0.3) is 0 Å². The summed E-state index contributed by atoms with van der Waals surface area (Å²) in [7, 11) is 1.55. The molecule has 20 heavy (non-hydrogen) atoms. The van der Waals surface area contributed by atoms with Gasteiger partial charge in [-0.1, -0.05) is 6.07 Å². The lowest BCUT2D eigenvalue weighted by Crippen LogP contribution is -2.01. The minimum absolute atomic E-state index is 0.204. The van der Waals surface area contributed by atoms with Gasteiger partial charge in [0.25, 0.3) is 0 Å². The quantitative estimate of drug-likeness (QED) is 0.782. The van der Waals surface area contributed by atoms with Gasteiger partial charge in [-0.15, -0.1) is 0 Å². The third-order valence-electron chi connectivity index (χ3n) is 2.97. The molecular weight excluding hydrogens is 259 g/mol. The molecule has 0 aliphatic rings. The molecule has 0 spiro atoms. The first-order valence-electron chi connectivity index (χ1n) is 6.15. The Hall–Kier alpha value is -2.36. The maximum Gasteiger partial charge on any atom is 0.150 e. The van der Waals surface area contributed by atoms with Crippen molar-refractivity contribution >= 4 is 6.29 Å². The summed E-state index contributed by atoms with van der Waals surface area (Å²) in [5.41, 5.74) is 2.12. The average molecular weight is 274 g/mol. The summed E-state index contributed by atoms with van der Waals surface area (Å²) < 4.78 is 24.0. The summed E-state index contributed by atoms with van der Waals surface area (Å²) in [4.78, 5) is 10.8. The average Bonchev–Trinajstić information content (AvgIpc) is 2.47. The molecule has 0 bridgehead atoms. The second-order valence-electron chi connectivity index (χ2n) is 4.39. The van der Waals surface area contributed by atoms with Crippen molar-refractivity contribution in [2.45, 2.75) is 13.5 Å². The number of halogens is 1. The fourth-order valence-electron chi connectivity index (χ4n) is 1.87. The van der Waals surface area contributed by atoms with Crippen LogP contribution in [0.2, 0.25) is 0 Å². The van der Waals surface area contributed by atoms with Crippen molar-refractivity contribution in [2.75, 3.05) is 7.11 Å². The molecule has 0 saturated heterocycles. The molecule has 0 saturated carbocycles. The van der Waals surface area contributed by atoms with E-state index in [1.54, 1.807) is 31.4 Å². The predicted octanol–water partition coefficient (Wildman–Crippen LogP) is 3.53. The second-order valence-corrected chi connectivity index (χ2v) is 4.39. The highest BCUT2D eigenvalue weighted by Gasteiger charge is 2.07. The lowest BCUT2D eigenvalue weighted by atomic mass is 10.1. The zero-order chi connectivity index (χ0) is 14.5. The molecule has 0 aliphatic heterocycles. The Labute approximate surface area is 117 Å². The minimum Gasteiger partial charge on any atom is -0.496 e. The number of aldehydes is 1. The van der Waals surface area contributed by atoms with E-state index in [0.717, 1.165) is 17.4 Å². The van der Waals surface area contributed by atoms with Crippen molar-refractivity contribution in [2.24, 2.45) is 0 Å². The maximum atomic E-state index is 13.2. The van der Waals surface area contributed by atoms with Crippen molar-refractivity contribution in [3.8, 4) is 11.5 Å². The van der Waals surface area contributed by atoms with Crippen LogP contribution in [0.1, 0.15) is 21.5 Å².